The van der Waals surface area contributed by atoms with Gasteiger partial charge in [-0.2, -0.15) is 0 Å². The molecule has 0 bridgehead atoms. The summed E-state index contributed by atoms with van der Waals surface area (Å²) in [7, 11) is -2.24. The van der Waals surface area contributed by atoms with Gasteiger partial charge in [-0.15, -0.1) is 0 Å². The van der Waals surface area contributed by atoms with Crippen LogP contribution in [0.2, 0.25) is 0 Å². The van der Waals surface area contributed by atoms with Crippen molar-refractivity contribution in [1.29, 1.82) is 0 Å². The largest absolute Gasteiger partial charge is 0.371 e. The number of benzene rings is 5. The van der Waals surface area contributed by atoms with Crippen molar-refractivity contribution in [2.24, 2.45) is 0 Å². The van der Waals surface area contributed by atoms with E-state index in [9.17, 15) is 4.57 Å². The highest BCUT2D eigenvalue weighted by Gasteiger charge is 2.37. The molecule has 178 valence electrons. The van der Waals surface area contributed by atoms with Gasteiger partial charge in [-0.3, -0.25) is 0 Å². The van der Waals surface area contributed by atoms with Crippen LogP contribution in [0.5, 0.6) is 0 Å². The molecule has 0 radical (unpaired) electrons. The van der Waals surface area contributed by atoms with Crippen LogP contribution in [0.15, 0.2) is 140 Å². The highest BCUT2D eigenvalue weighted by atomic mass is 31.1. The van der Waals surface area contributed by atoms with Gasteiger partial charge in [0, 0.05) is 17.2 Å². The van der Waals surface area contributed by atoms with Gasteiger partial charge in [-0.25, -0.2) is 0 Å². The van der Waals surface area contributed by atoms with Crippen molar-refractivity contribution in [2.75, 3.05) is 11.5 Å². The highest BCUT2D eigenvalue weighted by Crippen LogP contribution is 2.42. The lowest BCUT2D eigenvalue weighted by molar-refractivity contribution is 0.578. The normalized spacial score (nSPS) is 12.1. The first kappa shape index (κ1) is 23.9. The van der Waals surface area contributed by atoms with Gasteiger partial charge < -0.3 is 9.88 Å². The minimum absolute atomic E-state index is 0.448. The van der Waals surface area contributed by atoms with Crippen LogP contribution in [0, 0.1) is 6.92 Å². The molecule has 2 nitrogen and oxygen atoms in total. The Morgan fingerprint density at radius 2 is 1.06 bits per heavy atom. The average molecular weight is 488 g/mol. The molecule has 5 aromatic rings. The molecule has 0 fully saturated rings. The standard InChI is InChI=1S/C33H30NOP/c1-26-15-11-12-22-30(26)31-23-13-14-24-32(31)36(35)25-33(27-16-5-2-6-17-27,28-18-7-3-8-19-28)34-29-20-9-4-10-21-29/h2-24,34,36H,25H2,1H3. The van der Waals surface area contributed by atoms with E-state index in [2.05, 4.69) is 91.1 Å². The van der Waals surface area contributed by atoms with Gasteiger partial charge in [0.05, 0.1) is 5.54 Å². The monoisotopic (exact) mass is 487 g/mol. The van der Waals surface area contributed by atoms with Crippen molar-refractivity contribution < 1.29 is 4.57 Å². The molecular formula is C33H30NOP. The van der Waals surface area contributed by atoms with Gasteiger partial charge >= 0.3 is 0 Å². The first-order valence-corrected chi connectivity index (χ1v) is 13.9. The topological polar surface area (TPSA) is 29.1 Å². The molecule has 0 aliphatic carbocycles. The van der Waals surface area contributed by atoms with Crippen molar-refractivity contribution in [3.8, 4) is 11.1 Å². The van der Waals surface area contributed by atoms with Crippen molar-refractivity contribution in [3.05, 3.63) is 156 Å². The zero-order valence-electron chi connectivity index (χ0n) is 20.4. The van der Waals surface area contributed by atoms with Crippen LogP contribution in [0.3, 0.4) is 0 Å². The molecule has 5 aromatic carbocycles. The number of hydrogen-bond acceptors (Lipinski definition) is 2. The third-order valence-electron chi connectivity index (χ3n) is 6.75. The summed E-state index contributed by atoms with van der Waals surface area (Å²) in [4.78, 5) is 0. The fourth-order valence-electron chi connectivity index (χ4n) is 4.94. The van der Waals surface area contributed by atoms with Crippen LogP contribution in [-0.2, 0) is 10.1 Å². The Morgan fingerprint density at radius 3 is 1.64 bits per heavy atom. The lowest BCUT2D eigenvalue weighted by Gasteiger charge is -2.37. The summed E-state index contributed by atoms with van der Waals surface area (Å²) in [5.74, 6) is 0. The van der Waals surface area contributed by atoms with Gasteiger partial charge in [0.2, 0.25) is 0 Å². The molecule has 3 heteroatoms. The summed E-state index contributed by atoms with van der Waals surface area (Å²) in [6.07, 6.45) is 0.448. The Bertz CT molecular complexity index is 1410. The summed E-state index contributed by atoms with van der Waals surface area (Å²) in [5.41, 5.74) is 5.87. The van der Waals surface area contributed by atoms with Crippen LogP contribution in [-0.4, -0.2) is 6.16 Å². The van der Waals surface area contributed by atoms with E-state index in [4.69, 9.17) is 0 Å². The quantitative estimate of drug-likeness (QED) is 0.225. The van der Waals surface area contributed by atoms with Crippen molar-refractivity contribution in [2.45, 2.75) is 12.5 Å². The number of anilines is 1. The Morgan fingerprint density at radius 1 is 0.583 bits per heavy atom. The van der Waals surface area contributed by atoms with E-state index in [-0.39, 0.29) is 0 Å². The predicted molar refractivity (Wildman–Crippen MR) is 154 cm³/mol. The van der Waals surface area contributed by atoms with Crippen LogP contribution in [0.4, 0.5) is 5.69 Å². The van der Waals surface area contributed by atoms with Gasteiger partial charge in [0.15, 0.2) is 0 Å². The first-order valence-electron chi connectivity index (χ1n) is 12.3. The first-order chi connectivity index (χ1) is 17.7. The summed E-state index contributed by atoms with van der Waals surface area (Å²) in [5, 5.41) is 4.74. The maximum absolute atomic E-state index is 14.4. The number of nitrogens with one attached hydrogen (secondary N) is 1. The molecule has 0 saturated heterocycles. The summed E-state index contributed by atoms with van der Waals surface area (Å²) < 4.78 is 14.4. The minimum atomic E-state index is -2.24. The zero-order valence-corrected chi connectivity index (χ0v) is 21.4. The van der Waals surface area contributed by atoms with Crippen molar-refractivity contribution >= 4 is 18.8 Å². The number of aryl methyl sites for hydroxylation is 1. The van der Waals surface area contributed by atoms with Gasteiger partial charge in [0.1, 0.15) is 7.80 Å². The molecule has 0 heterocycles. The van der Waals surface area contributed by atoms with Crippen LogP contribution < -0.4 is 10.6 Å². The molecule has 0 amide bonds. The van der Waals surface area contributed by atoms with E-state index in [1.807, 2.05) is 60.7 Å². The van der Waals surface area contributed by atoms with Crippen molar-refractivity contribution in [1.82, 2.24) is 0 Å². The molecule has 0 spiro atoms. The molecule has 1 atom stereocenters. The maximum Gasteiger partial charge on any atom is 0.107 e. The predicted octanol–water partition coefficient (Wildman–Crippen LogP) is 7.90. The molecular weight excluding hydrogens is 457 g/mol. The highest BCUT2D eigenvalue weighted by molar-refractivity contribution is 7.54. The molecule has 0 aliphatic heterocycles. The molecule has 0 aromatic heterocycles. The lowest BCUT2D eigenvalue weighted by Crippen LogP contribution is -2.40. The maximum atomic E-state index is 14.4. The summed E-state index contributed by atoms with van der Waals surface area (Å²) in [6.45, 7) is 2.11. The third kappa shape index (κ3) is 4.91. The van der Waals surface area contributed by atoms with E-state index in [1.165, 1.54) is 5.56 Å². The van der Waals surface area contributed by atoms with Gasteiger partial charge in [-0.05, 0) is 46.9 Å². The Hall–Kier alpha value is -3.87. The number of para-hydroxylation sites is 1. The molecule has 1 N–H and O–H groups in total. The molecule has 36 heavy (non-hydrogen) atoms. The molecule has 0 saturated carbocycles. The second-order valence-corrected chi connectivity index (χ2v) is 10.8. The fraction of sp³-hybridized carbons (Fsp3) is 0.0909. The second kappa shape index (κ2) is 10.8. The van der Waals surface area contributed by atoms with E-state index >= 15 is 0 Å². The SMILES string of the molecule is Cc1ccccc1-c1ccccc1[PH](=O)CC(Nc1ccccc1)(c1ccccc1)c1ccccc1. The Balaban J connectivity index is 1.66. The van der Waals surface area contributed by atoms with Crippen molar-refractivity contribution in [3.63, 3.8) is 0 Å². The zero-order chi connectivity index (χ0) is 24.8. The molecule has 0 aliphatic rings. The second-order valence-electron chi connectivity index (χ2n) is 9.09. The van der Waals surface area contributed by atoms with Crippen LogP contribution >= 0.6 is 7.80 Å². The molecule has 5 rings (SSSR count). The minimum Gasteiger partial charge on any atom is -0.371 e. The third-order valence-corrected chi connectivity index (χ3v) is 8.64. The smallest absolute Gasteiger partial charge is 0.107 e. The lowest BCUT2D eigenvalue weighted by atomic mass is 9.84. The fourth-order valence-corrected chi connectivity index (χ4v) is 6.91. The van der Waals surface area contributed by atoms with Crippen LogP contribution in [0.1, 0.15) is 16.7 Å². The van der Waals surface area contributed by atoms with E-state index in [0.717, 1.165) is 33.2 Å². The summed E-state index contributed by atoms with van der Waals surface area (Å²) in [6, 6.07) is 47.5. The van der Waals surface area contributed by atoms with E-state index < -0.39 is 13.3 Å². The number of rotatable bonds is 8. The Labute approximate surface area is 214 Å². The van der Waals surface area contributed by atoms with E-state index in [0.29, 0.717) is 6.16 Å². The summed E-state index contributed by atoms with van der Waals surface area (Å²) >= 11 is 0. The van der Waals surface area contributed by atoms with Gasteiger partial charge in [0.25, 0.3) is 0 Å². The molecule has 1 unspecified atom stereocenters. The van der Waals surface area contributed by atoms with Crippen LogP contribution in [0.25, 0.3) is 11.1 Å². The van der Waals surface area contributed by atoms with Gasteiger partial charge in [-0.1, -0.05) is 127 Å². The number of hydrogen-bond donors (Lipinski definition) is 1. The van der Waals surface area contributed by atoms with E-state index in [1.54, 1.807) is 0 Å². The average Bonchev–Trinajstić information content (AvgIpc) is 2.94. The Kier molecular flexibility index (Phi) is 7.16.